The fourth-order valence-corrected chi connectivity index (χ4v) is 2.59. The van der Waals surface area contributed by atoms with Gasteiger partial charge in [0.2, 0.25) is 0 Å². The molecule has 1 amide bonds. The summed E-state index contributed by atoms with van der Waals surface area (Å²) in [4.78, 5) is 20.2. The molecule has 1 fully saturated rings. The maximum Gasteiger partial charge on any atom is 0.254 e. The van der Waals surface area contributed by atoms with Crippen LogP contribution in [0.15, 0.2) is 18.3 Å². The Labute approximate surface area is 127 Å². The van der Waals surface area contributed by atoms with Gasteiger partial charge in [-0.05, 0) is 38.1 Å². The molecule has 1 N–H and O–H groups in total. The molecular weight excluding hydrogens is 264 g/mol. The van der Waals surface area contributed by atoms with E-state index in [4.69, 9.17) is 0 Å². The molecule has 2 rings (SSSR count). The number of aromatic nitrogens is 1. The Morgan fingerprint density at radius 1 is 1.24 bits per heavy atom. The SMILES string of the molecule is CN(C)C(=O)c1ccc(NCCN2CCCCCC2)nc1. The lowest BCUT2D eigenvalue weighted by Gasteiger charge is -2.19. The van der Waals surface area contributed by atoms with Crippen LogP contribution in [0.4, 0.5) is 5.82 Å². The van der Waals surface area contributed by atoms with Crippen molar-refractivity contribution < 1.29 is 4.79 Å². The zero-order valence-electron chi connectivity index (χ0n) is 13.1. The Balaban J connectivity index is 1.77. The predicted octanol–water partition coefficient (Wildman–Crippen LogP) is 2.07. The van der Waals surface area contributed by atoms with Crippen molar-refractivity contribution in [1.82, 2.24) is 14.8 Å². The normalized spacial score (nSPS) is 16.3. The van der Waals surface area contributed by atoms with E-state index in [0.29, 0.717) is 5.56 Å². The van der Waals surface area contributed by atoms with E-state index in [9.17, 15) is 4.79 Å². The second-order valence-electron chi connectivity index (χ2n) is 5.81. The zero-order valence-corrected chi connectivity index (χ0v) is 13.1. The number of anilines is 1. The van der Waals surface area contributed by atoms with Crippen LogP contribution in [0.25, 0.3) is 0 Å². The molecule has 1 aromatic rings. The largest absolute Gasteiger partial charge is 0.369 e. The summed E-state index contributed by atoms with van der Waals surface area (Å²) in [6, 6.07) is 3.70. The van der Waals surface area contributed by atoms with Crippen molar-refractivity contribution in [3.8, 4) is 0 Å². The standard InChI is InChI=1S/C16H26N4O/c1-19(2)16(21)14-7-8-15(18-13-14)17-9-12-20-10-5-3-4-6-11-20/h7-8,13H,3-6,9-12H2,1-2H3,(H,17,18). The van der Waals surface area contributed by atoms with Crippen LogP contribution >= 0.6 is 0 Å². The van der Waals surface area contributed by atoms with Crippen molar-refractivity contribution in [3.63, 3.8) is 0 Å². The lowest BCUT2D eigenvalue weighted by atomic mass is 10.2. The van der Waals surface area contributed by atoms with Gasteiger partial charge in [0, 0.05) is 33.4 Å². The molecule has 0 bridgehead atoms. The molecule has 21 heavy (non-hydrogen) atoms. The highest BCUT2D eigenvalue weighted by atomic mass is 16.2. The van der Waals surface area contributed by atoms with Crippen LogP contribution in [0.3, 0.4) is 0 Å². The van der Waals surface area contributed by atoms with Crippen molar-refractivity contribution >= 4 is 11.7 Å². The Hall–Kier alpha value is -1.62. The van der Waals surface area contributed by atoms with Crippen LogP contribution < -0.4 is 5.32 Å². The minimum Gasteiger partial charge on any atom is -0.369 e. The van der Waals surface area contributed by atoms with E-state index >= 15 is 0 Å². The molecule has 0 unspecified atom stereocenters. The van der Waals surface area contributed by atoms with E-state index in [-0.39, 0.29) is 5.91 Å². The van der Waals surface area contributed by atoms with E-state index in [1.165, 1.54) is 38.8 Å². The van der Waals surface area contributed by atoms with Gasteiger partial charge >= 0.3 is 0 Å². The molecule has 1 aromatic heterocycles. The first-order valence-electron chi connectivity index (χ1n) is 7.81. The molecule has 0 saturated carbocycles. The number of pyridine rings is 1. The van der Waals surface area contributed by atoms with Crippen molar-refractivity contribution in [1.29, 1.82) is 0 Å². The monoisotopic (exact) mass is 290 g/mol. The molecule has 0 aromatic carbocycles. The van der Waals surface area contributed by atoms with Crippen molar-refractivity contribution in [2.75, 3.05) is 45.6 Å². The third-order valence-corrected chi connectivity index (χ3v) is 3.85. The summed E-state index contributed by atoms with van der Waals surface area (Å²) in [6.07, 6.45) is 7.01. The molecule has 5 heteroatoms. The van der Waals surface area contributed by atoms with Crippen LogP contribution in [0.2, 0.25) is 0 Å². The van der Waals surface area contributed by atoms with Crippen molar-refractivity contribution in [2.24, 2.45) is 0 Å². The van der Waals surface area contributed by atoms with Crippen molar-refractivity contribution in [3.05, 3.63) is 23.9 Å². The minimum absolute atomic E-state index is 0.0152. The fourth-order valence-electron chi connectivity index (χ4n) is 2.59. The molecule has 2 heterocycles. The van der Waals surface area contributed by atoms with Gasteiger partial charge in [0.15, 0.2) is 0 Å². The van der Waals surface area contributed by atoms with Gasteiger partial charge in [0.25, 0.3) is 5.91 Å². The summed E-state index contributed by atoms with van der Waals surface area (Å²) < 4.78 is 0. The first-order chi connectivity index (χ1) is 10.2. The Bertz CT molecular complexity index is 436. The van der Waals surface area contributed by atoms with E-state index in [1.54, 1.807) is 25.2 Å². The minimum atomic E-state index is -0.0152. The molecular formula is C16H26N4O. The van der Waals surface area contributed by atoms with Crippen molar-refractivity contribution in [2.45, 2.75) is 25.7 Å². The van der Waals surface area contributed by atoms with Gasteiger partial charge in [-0.25, -0.2) is 4.98 Å². The maximum atomic E-state index is 11.8. The topological polar surface area (TPSA) is 48.5 Å². The second-order valence-corrected chi connectivity index (χ2v) is 5.81. The van der Waals surface area contributed by atoms with Gasteiger partial charge in [-0.2, -0.15) is 0 Å². The number of hydrogen-bond donors (Lipinski definition) is 1. The van der Waals surface area contributed by atoms with E-state index in [2.05, 4.69) is 15.2 Å². The number of carbonyl (C=O) groups is 1. The molecule has 0 spiro atoms. The first-order valence-corrected chi connectivity index (χ1v) is 7.81. The summed E-state index contributed by atoms with van der Waals surface area (Å²) in [6.45, 7) is 4.38. The van der Waals surface area contributed by atoms with Gasteiger partial charge in [0.1, 0.15) is 5.82 Å². The molecule has 0 aliphatic carbocycles. The van der Waals surface area contributed by atoms with Gasteiger partial charge in [-0.1, -0.05) is 12.8 Å². The number of amides is 1. The van der Waals surface area contributed by atoms with E-state index in [0.717, 1.165) is 18.9 Å². The first kappa shape index (κ1) is 15.8. The fraction of sp³-hybridized carbons (Fsp3) is 0.625. The lowest BCUT2D eigenvalue weighted by Crippen LogP contribution is -2.30. The van der Waals surface area contributed by atoms with Crippen LogP contribution in [-0.2, 0) is 0 Å². The second kappa shape index (κ2) is 7.98. The Morgan fingerprint density at radius 3 is 2.52 bits per heavy atom. The predicted molar refractivity (Wildman–Crippen MR) is 85.7 cm³/mol. The Kier molecular flexibility index (Phi) is 5.99. The summed E-state index contributed by atoms with van der Waals surface area (Å²) in [5.74, 6) is 0.818. The third-order valence-electron chi connectivity index (χ3n) is 3.85. The third kappa shape index (κ3) is 5.01. The van der Waals surface area contributed by atoms with E-state index in [1.807, 2.05) is 12.1 Å². The van der Waals surface area contributed by atoms with Crippen LogP contribution in [0.5, 0.6) is 0 Å². The van der Waals surface area contributed by atoms with Crippen LogP contribution in [0, 0.1) is 0 Å². The average molecular weight is 290 g/mol. The smallest absolute Gasteiger partial charge is 0.254 e. The molecule has 0 atom stereocenters. The van der Waals surface area contributed by atoms with Gasteiger partial charge < -0.3 is 15.1 Å². The highest BCUT2D eigenvalue weighted by molar-refractivity contribution is 5.93. The average Bonchev–Trinajstić information content (AvgIpc) is 2.76. The zero-order chi connectivity index (χ0) is 15.1. The summed E-state index contributed by atoms with van der Waals surface area (Å²) >= 11 is 0. The van der Waals surface area contributed by atoms with Gasteiger partial charge in [0.05, 0.1) is 5.56 Å². The quantitative estimate of drug-likeness (QED) is 0.902. The number of nitrogens with zero attached hydrogens (tertiary/aromatic N) is 3. The number of carbonyl (C=O) groups excluding carboxylic acids is 1. The molecule has 1 aliphatic rings. The summed E-state index contributed by atoms with van der Waals surface area (Å²) in [5, 5.41) is 3.33. The molecule has 0 radical (unpaired) electrons. The Morgan fingerprint density at radius 2 is 1.95 bits per heavy atom. The maximum absolute atomic E-state index is 11.8. The molecule has 116 valence electrons. The number of nitrogens with one attached hydrogen (secondary N) is 1. The van der Waals surface area contributed by atoms with Crippen LogP contribution in [-0.4, -0.2) is 61.0 Å². The highest BCUT2D eigenvalue weighted by Gasteiger charge is 2.09. The highest BCUT2D eigenvalue weighted by Crippen LogP contribution is 2.10. The van der Waals surface area contributed by atoms with Gasteiger partial charge in [-0.3, -0.25) is 4.79 Å². The summed E-state index contributed by atoms with van der Waals surface area (Å²) in [7, 11) is 3.49. The van der Waals surface area contributed by atoms with Crippen LogP contribution in [0.1, 0.15) is 36.0 Å². The number of rotatable bonds is 5. The molecule has 1 saturated heterocycles. The number of likely N-dealkylation sites (tertiary alicyclic amines) is 1. The lowest BCUT2D eigenvalue weighted by molar-refractivity contribution is 0.0827. The van der Waals surface area contributed by atoms with Gasteiger partial charge in [-0.15, -0.1) is 0 Å². The summed E-state index contributed by atoms with van der Waals surface area (Å²) in [5.41, 5.74) is 0.623. The van der Waals surface area contributed by atoms with E-state index < -0.39 is 0 Å². The molecule has 5 nitrogen and oxygen atoms in total. The molecule has 1 aliphatic heterocycles. The number of hydrogen-bond acceptors (Lipinski definition) is 4.